The van der Waals surface area contributed by atoms with E-state index in [0.29, 0.717) is 24.5 Å². The molecule has 7 rings (SSSR count). The predicted octanol–water partition coefficient (Wildman–Crippen LogP) is 5.68. The van der Waals surface area contributed by atoms with Gasteiger partial charge in [-0.2, -0.15) is 0 Å². The van der Waals surface area contributed by atoms with Crippen molar-refractivity contribution in [2.75, 3.05) is 6.54 Å². The number of nitrogens with two attached hydrogens (primary N) is 1. The van der Waals surface area contributed by atoms with Crippen LogP contribution in [0.3, 0.4) is 0 Å². The molecule has 0 spiro atoms. The third kappa shape index (κ3) is 4.39. The van der Waals surface area contributed by atoms with E-state index in [-0.39, 0.29) is 10.3 Å². The van der Waals surface area contributed by atoms with Crippen LogP contribution in [0.1, 0.15) is 67.1 Å². The highest BCUT2D eigenvalue weighted by atomic mass is 32.2. The number of aryl methyl sites for hydroxylation is 2. The Morgan fingerprint density at radius 1 is 0.925 bits per heavy atom. The Balaban J connectivity index is 1.16. The van der Waals surface area contributed by atoms with E-state index in [0.717, 1.165) is 55.6 Å². The Bertz CT molecular complexity index is 1660. The molecular weight excluding hydrogens is 516 g/mol. The zero-order valence-corrected chi connectivity index (χ0v) is 24.0. The number of hydrogen-bond acceptors (Lipinski definition) is 4. The van der Waals surface area contributed by atoms with Gasteiger partial charge in [0.05, 0.1) is 15.9 Å². The highest BCUT2D eigenvalue weighted by molar-refractivity contribution is 7.89. The summed E-state index contributed by atoms with van der Waals surface area (Å²) in [7, 11) is -3.79. The lowest BCUT2D eigenvalue weighted by atomic mass is 9.73. The fourth-order valence-corrected chi connectivity index (χ4v) is 9.15. The van der Waals surface area contributed by atoms with Crippen LogP contribution in [0.4, 0.5) is 0 Å². The molecule has 7 heteroatoms. The van der Waals surface area contributed by atoms with Crippen molar-refractivity contribution in [1.82, 2.24) is 14.5 Å². The van der Waals surface area contributed by atoms with E-state index in [1.165, 1.54) is 29.5 Å². The molecule has 1 aromatic heterocycles. The molecule has 0 radical (unpaired) electrons. The Labute approximate surface area is 237 Å². The molecule has 0 amide bonds. The quantitative estimate of drug-likeness (QED) is 0.319. The van der Waals surface area contributed by atoms with Gasteiger partial charge in [0, 0.05) is 23.5 Å². The third-order valence-corrected chi connectivity index (χ3v) is 11.1. The second-order valence-electron chi connectivity index (χ2n) is 12.3. The van der Waals surface area contributed by atoms with Gasteiger partial charge in [-0.15, -0.1) is 0 Å². The SMILES string of the molecule is Cc1nc2ccccc2n1C1C[C@H]2CC[C@@H](C1)N2CC[C@@]1(Cc2ccccc2S(N)(=O)=O)CCc2ccccc21. The summed E-state index contributed by atoms with van der Waals surface area (Å²) < 4.78 is 27.4. The van der Waals surface area contributed by atoms with Crippen LogP contribution >= 0.6 is 0 Å². The van der Waals surface area contributed by atoms with E-state index in [9.17, 15) is 8.42 Å². The van der Waals surface area contributed by atoms with Crippen molar-refractivity contribution in [2.24, 2.45) is 5.14 Å². The summed E-state index contributed by atoms with van der Waals surface area (Å²) in [6.07, 6.45) is 8.63. The average Bonchev–Trinajstić information content (AvgIpc) is 3.55. The molecule has 3 heterocycles. The van der Waals surface area contributed by atoms with Gasteiger partial charge in [0.25, 0.3) is 0 Å². The molecule has 0 saturated carbocycles. The van der Waals surface area contributed by atoms with Crippen molar-refractivity contribution in [1.29, 1.82) is 0 Å². The Morgan fingerprint density at radius 2 is 1.62 bits per heavy atom. The maximum absolute atomic E-state index is 12.5. The minimum absolute atomic E-state index is 0.0924. The summed E-state index contributed by atoms with van der Waals surface area (Å²) in [5.41, 5.74) is 5.89. The summed E-state index contributed by atoms with van der Waals surface area (Å²) in [6.45, 7) is 3.19. The fourth-order valence-electron chi connectivity index (χ4n) is 8.38. The van der Waals surface area contributed by atoms with Crippen LogP contribution in [0.25, 0.3) is 11.0 Å². The number of benzene rings is 3. The van der Waals surface area contributed by atoms with Crippen LogP contribution in [0, 0.1) is 6.92 Å². The largest absolute Gasteiger partial charge is 0.325 e. The van der Waals surface area contributed by atoms with Gasteiger partial charge in [-0.25, -0.2) is 18.5 Å². The van der Waals surface area contributed by atoms with Gasteiger partial charge in [0.1, 0.15) is 5.82 Å². The molecule has 3 aromatic carbocycles. The number of imidazole rings is 1. The molecule has 4 aromatic rings. The number of nitrogens with zero attached hydrogens (tertiary/aromatic N) is 3. The zero-order chi connectivity index (χ0) is 27.5. The molecule has 40 heavy (non-hydrogen) atoms. The highest BCUT2D eigenvalue weighted by Gasteiger charge is 2.45. The smallest absolute Gasteiger partial charge is 0.238 e. The topological polar surface area (TPSA) is 81.2 Å². The second-order valence-corrected chi connectivity index (χ2v) is 13.8. The number of rotatable bonds is 7. The van der Waals surface area contributed by atoms with Crippen LogP contribution in [0.5, 0.6) is 0 Å². The summed E-state index contributed by atoms with van der Waals surface area (Å²) in [6, 6.07) is 26.3. The number of hydrogen-bond donors (Lipinski definition) is 1. The first-order valence-electron chi connectivity index (χ1n) is 14.7. The van der Waals surface area contributed by atoms with E-state index < -0.39 is 10.0 Å². The van der Waals surface area contributed by atoms with E-state index >= 15 is 0 Å². The monoisotopic (exact) mass is 554 g/mol. The average molecular weight is 555 g/mol. The maximum atomic E-state index is 12.5. The van der Waals surface area contributed by atoms with Crippen molar-refractivity contribution in [2.45, 2.75) is 86.7 Å². The number of aromatic nitrogens is 2. The van der Waals surface area contributed by atoms with E-state index in [1.807, 2.05) is 12.1 Å². The normalized spacial score (nSPS) is 26.4. The molecule has 208 valence electrons. The van der Waals surface area contributed by atoms with Gasteiger partial charge >= 0.3 is 0 Å². The minimum atomic E-state index is -3.79. The van der Waals surface area contributed by atoms with Crippen molar-refractivity contribution in [3.63, 3.8) is 0 Å². The molecule has 1 aliphatic carbocycles. The molecule has 4 atom stereocenters. The highest BCUT2D eigenvalue weighted by Crippen LogP contribution is 2.47. The lowest BCUT2D eigenvalue weighted by molar-refractivity contribution is 0.0966. The number of sulfonamides is 1. The number of para-hydroxylation sites is 2. The third-order valence-electron chi connectivity index (χ3n) is 10.1. The van der Waals surface area contributed by atoms with Crippen LogP contribution in [-0.4, -0.2) is 41.5 Å². The lowest BCUT2D eigenvalue weighted by Crippen LogP contribution is -2.45. The molecule has 2 N–H and O–H groups in total. The van der Waals surface area contributed by atoms with Crippen LogP contribution in [-0.2, 0) is 28.3 Å². The molecule has 3 aliphatic rings. The Morgan fingerprint density at radius 3 is 2.42 bits per heavy atom. The number of piperidine rings is 1. The van der Waals surface area contributed by atoms with Crippen molar-refractivity contribution >= 4 is 21.1 Å². The molecule has 6 nitrogen and oxygen atoms in total. The Kier molecular flexibility index (Phi) is 6.37. The van der Waals surface area contributed by atoms with Crippen molar-refractivity contribution < 1.29 is 8.42 Å². The standard InChI is InChI=1S/C33H38N4O2S/c1-23-35-30-11-5-6-12-31(30)37(23)28-20-26-14-15-27(21-28)36(26)19-18-33(17-16-24-8-2-4-10-29(24)33)22-25-9-3-7-13-32(25)40(34,38)39/h2-13,26-28H,14-22H2,1H3,(H2,34,38,39)/t26-,27+,28?,33-/m1/s1. The summed E-state index contributed by atoms with van der Waals surface area (Å²) in [4.78, 5) is 7.92. The van der Waals surface area contributed by atoms with E-state index in [1.54, 1.807) is 12.1 Å². The number of fused-ring (bicyclic) bond motifs is 4. The zero-order valence-electron chi connectivity index (χ0n) is 23.2. The van der Waals surface area contributed by atoms with Crippen LogP contribution in [0.15, 0.2) is 77.7 Å². The summed E-state index contributed by atoms with van der Waals surface area (Å²) >= 11 is 0. The summed E-state index contributed by atoms with van der Waals surface area (Å²) in [5.74, 6) is 1.12. The molecule has 1 unspecified atom stereocenters. The molecular formula is C33H38N4O2S. The first kappa shape index (κ1) is 25.9. The molecule has 2 saturated heterocycles. The summed E-state index contributed by atoms with van der Waals surface area (Å²) in [5, 5.41) is 5.66. The minimum Gasteiger partial charge on any atom is -0.325 e. The van der Waals surface area contributed by atoms with Gasteiger partial charge in [-0.1, -0.05) is 54.6 Å². The predicted molar refractivity (Wildman–Crippen MR) is 159 cm³/mol. The Hall–Kier alpha value is -3.00. The van der Waals surface area contributed by atoms with Gasteiger partial charge in [-0.05, 0) is 99.7 Å². The molecule has 2 bridgehead atoms. The van der Waals surface area contributed by atoms with Crippen LogP contribution < -0.4 is 5.14 Å². The maximum Gasteiger partial charge on any atom is 0.238 e. The molecule has 2 aliphatic heterocycles. The van der Waals surface area contributed by atoms with Gasteiger partial charge in [0.15, 0.2) is 0 Å². The van der Waals surface area contributed by atoms with Crippen molar-refractivity contribution in [3.05, 3.63) is 95.3 Å². The second kappa shape index (κ2) is 9.82. The first-order valence-corrected chi connectivity index (χ1v) is 16.3. The number of primary sulfonamides is 1. The van der Waals surface area contributed by atoms with E-state index in [4.69, 9.17) is 10.1 Å². The lowest BCUT2D eigenvalue weighted by Gasteiger charge is -2.42. The van der Waals surface area contributed by atoms with Gasteiger partial charge < -0.3 is 4.57 Å². The molecule has 2 fully saturated rings. The van der Waals surface area contributed by atoms with Crippen LogP contribution in [0.2, 0.25) is 0 Å². The fraction of sp³-hybridized carbons (Fsp3) is 0.424. The van der Waals surface area contributed by atoms with Gasteiger partial charge in [0.2, 0.25) is 10.0 Å². The first-order chi connectivity index (χ1) is 19.3. The van der Waals surface area contributed by atoms with Gasteiger partial charge in [-0.3, -0.25) is 4.90 Å². The van der Waals surface area contributed by atoms with Crippen molar-refractivity contribution in [3.8, 4) is 0 Å². The van der Waals surface area contributed by atoms with E-state index in [2.05, 4.69) is 64.9 Å².